The molecule has 0 aromatic rings. The van der Waals surface area contributed by atoms with Gasteiger partial charge in [-0.05, 0) is 36.0 Å². The van der Waals surface area contributed by atoms with Gasteiger partial charge in [0.15, 0.2) is 0 Å². The number of amides is 2. The van der Waals surface area contributed by atoms with Gasteiger partial charge in [-0.1, -0.05) is 20.8 Å². The Bertz CT molecular complexity index is 319. The van der Waals surface area contributed by atoms with Gasteiger partial charge in [0.25, 0.3) is 0 Å². The van der Waals surface area contributed by atoms with E-state index in [1.807, 2.05) is 0 Å². The fraction of sp³-hybridized carbons (Fsp3) is 0.923. The molecule has 4 heteroatoms. The van der Waals surface area contributed by atoms with Crippen molar-refractivity contribution >= 4 is 17.6 Å². The van der Waals surface area contributed by atoms with Crippen LogP contribution in [0.25, 0.3) is 0 Å². The van der Waals surface area contributed by atoms with E-state index in [0.29, 0.717) is 23.9 Å². The van der Waals surface area contributed by atoms with Gasteiger partial charge < -0.3 is 10.6 Å². The van der Waals surface area contributed by atoms with E-state index in [9.17, 15) is 4.79 Å². The largest absolute Gasteiger partial charge is 0.337 e. The SMILES string of the molecule is CC1(C)C2CCC1(C)C(NC(=O)NCCCl)C2. The highest BCUT2D eigenvalue weighted by Gasteiger charge is 2.61. The number of alkyl halides is 1. The first kappa shape index (κ1) is 13.0. The Hall–Kier alpha value is -0.440. The first-order chi connectivity index (χ1) is 7.91. The van der Waals surface area contributed by atoms with Crippen molar-refractivity contribution in [3.05, 3.63) is 0 Å². The molecule has 3 atom stereocenters. The fourth-order valence-corrected chi connectivity index (χ4v) is 3.89. The van der Waals surface area contributed by atoms with Crippen LogP contribution in [-0.4, -0.2) is 24.5 Å². The molecule has 3 unspecified atom stereocenters. The normalized spacial score (nSPS) is 38.1. The Labute approximate surface area is 109 Å². The molecule has 0 radical (unpaired) electrons. The van der Waals surface area contributed by atoms with Gasteiger partial charge >= 0.3 is 6.03 Å². The van der Waals surface area contributed by atoms with Crippen LogP contribution in [0.5, 0.6) is 0 Å². The highest BCUT2D eigenvalue weighted by atomic mass is 35.5. The summed E-state index contributed by atoms with van der Waals surface area (Å²) in [5, 5.41) is 5.91. The highest BCUT2D eigenvalue weighted by molar-refractivity contribution is 6.18. The summed E-state index contributed by atoms with van der Waals surface area (Å²) >= 11 is 5.56. The number of hydrogen-bond acceptors (Lipinski definition) is 1. The summed E-state index contributed by atoms with van der Waals surface area (Å²) in [7, 11) is 0. The van der Waals surface area contributed by atoms with Gasteiger partial charge in [0.2, 0.25) is 0 Å². The number of nitrogens with one attached hydrogen (secondary N) is 2. The molecule has 0 aromatic carbocycles. The molecule has 2 saturated carbocycles. The first-order valence-electron chi connectivity index (χ1n) is 6.52. The topological polar surface area (TPSA) is 41.1 Å². The average molecular weight is 259 g/mol. The number of urea groups is 1. The van der Waals surface area contributed by atoms with Gasteiger partial charge in [-0.2, -0.15) is 0 Å². The van der Waals surface area contributed by atoms with Crippen LogP contribution in [0.1, 0.15) is 40.0 Å². The maximum atomic E-state index is 11.7. The Morgan fingerprint density at radius 2 is 2.12 bits per heavy atom. The molecule has 2 aliphatic carbocycles. The summed E-state index contributed by atoms with van der Waals surface area (Å²) in [4.78, 5) is 11.7. The van der Waals surface area contributed by atoms with Gasteiger partial charge in [-0.25, -0.2) is 4.79 Å². The van der Waals surface area contributed by atoms with Gasteiger partial charge in [-0.3, -0.25) is 0 Å². The molecule has 2 fully saturated rings. The predicted molar refractivity (Wildman–Crippen MR) is 70.3 cm³/mol. The van der Waals surface area contributed by atoms with Gasteiger partial charge in [-0.15, -0.1) is 11.6 Å². The summed E-state index contributed by atoms with van der Waals surface area (Å²) < 4.78 is 0. The molecule has 0 saturated heterocycles. The molecule has 2 N–H and O–H groups in total. The second kappa shape index (κ2) is 4.34. The third-order valence-corrected chi connectivity index (χ3v) is 5.67. The van der Waals surface area contributed by atoms with Crippen molar-refractivity contribution < 1.29 is 4.79 Å². The Morgan fingerprint density at radius 3 is 2.59 bits per heavy atom. The van der Waals surface area contributed by atoms with Crippen molar-refractivity contribution in [1.82, 2.24) is 10.6 Å². The van der Waals surface area contributed by atoms with Crippen LogP contribution in [0.3, 0.4) is 0 Å². The van der Waals surface area contributed by atoms with Crippen molar-refractivity contribution in [3.63, 3.8) is 0 Å². The lowest BCUT2D eigenvalue weighted by molar-refractivity contribution is 0.123. The Morgan fingerprint density at radius 1 is 1.41 bits per heavy atom. The Kier molecular flexibility index (Phi) is 3.32. The van der Waals surface area contributed by atoms with Crippen molar-refractivity contribution in [2.45, 2.75) is 46.1 Å². The van der Waals surface area contributed by atoms with E-state index in [1.54, 1.807) is 0 Å². The standard InChI is InChI=1S/C13H23ClN2O/c1-12(2)9-4-5-13(12,3)10(8-9)16-11(17)15-7-6-14/h9-10H,4-8H2,1-3H3,(H2,15,16,17). The van der Waals surface area contributed by atoms with Crippen LogP contribution in [0.4, 0.5) is 4.79 Å². The van der Waals surface area contributed by atoms with Gasteiger partial charge in [0, 0.05) is 18.5 Å². The van der Waals surface area contributed by atoms with E-state index in [-0.39, 0.29) is 11.4 Å². The lowest BCUT2D eigenvalue weighted by Gasteiger charge is -2.39. The summed E-state index contributed by atoms with van der Waals surface area (Å²) in [6.07, 6.45) is 3.66. The molecular formula is C13H23ClN2O. The minimum absolute atomic E-state index is 0.0692. The molecule has 98 valence electrons. The minimum Gasteiger partial charge on any atom is -0.337 e. The molecule has 0 heterocycles. The number of carbonyl (C=O) groups is 1. The van der Waals surface area contributed by atoms with Crippen LogP contribution in [0.2, 0.25) is 0 Å². The van der Waals surface area contributed by atoms with Crippen molar-refractivity contribution in [2.24, 2.45) is 16.7 Å². The second-order valence-electron chi connectivity index (χ2n) is 6.25. The van der Waals surface area contributed by atoms with E-state index < -0.39 is 0 Å². The third kappa shape index (κ3) is 1.92. The molecule has 17 heavy (non-hydrogen) atoms. The molecule has 0 aliphatic heterocycles. The quantitative estimate of drug-likeness (QED) is 0.751. The lowest BCUT2D eigenvalue weighted by atomic mass is 9.69. The van der Waals surface area contributed by atoms with E-state index >= 15 is 0 Å². The zero-order chi connectivity index (χ0) is 12.7. The van der Waals surface area contributed by atoms with Crippen LogP contribution in [-0.2, 0) is 0 Å². The molecule has 0 aromatic heterocycles. The fourth-order valence-electron chi connectivity index (χ4n) is 3.79. The number of carbonyl (C=O) groups excluding carboxylic acids is 1. The molecule has 3 nitrogen and oxygen atoms in total. The third-order valence-electron chi connectivity index (χ3n) is 5.48. The van der Waals surface area contributed by atoms with Crippen molar-refractivity contribution in [1.29, 1.82) is 0 Å². The minimum atomic E-state index is -0.0692. The van der Waals surface area contributed by atoms with Crippen molar-refractivity contribution in [2.75, 3.05) is 12.4 Å². The number of hydrogen-bond donors (Lipinski definition) is 2. The van der Waals surface area contributed by atoms with Crippen molar-refractivity contribution in [3.8, 4) is 0 Å². The van der Waals surface area contributed by atoms with Gasteiger partial charge in [0.1, 0.15) is 0 Å². The second-order valence-corrected chi connectivity index (χ2v) is 6.63. The van der Waals surface area contributed by atoms with E-state index in [1.165, 1.54) is 12.8 Å². The molecule has 2 rings (SSSR count). The number of fused-ring (bicyclic) bond motifs is 2. The Balaban J connectivity index is 1.98. The molecule has 0 spiro atoms. The molecular weight excluding hydrogens is 236 g/mol. The highest BCUT2D eigenvalue weighted by Crippen LogP contribution is 2.65. The molecule has 2 aliphatic rings. The van der Waals surface area contributed by atoms with E-state index in [0.717, 1.165) is 12.3 Å². The van der Waals surface area contributed by atoms with Crippen LogP contribution >= 0.6 is 11.6 Å². The lowest BCUT2D eigenvalue weighted by Crippen LogP contribution is -2.50. The maximum absolute atomic E-state index is 11.7. The summed E-state index contributed by atoms with van der Waals surface area (Å²) in [5.74, 6) is 1.22. The first-order valence-corrected chi connectivity index (χ1v) is 7.05. The number of rotatable bonds is 3. The van der Waals surface area contributed by atoms with Gasteiger partial charge in [0.05, 0.1) is 0 Å². The number of halogens is 1. The zero-order valence-corrected chi connectivity index (χ0v) is 11.7. The maximum Gasteiger partial charge on any atom is 0.315 e. The van der Waals surface area contributed by atoms with E-state index in [2.05, 4.69) is 31.4 Å². The van der Waals surface area contributed by atoms with E-state index in [4.69, 9.17) is 11.6 Å². The smallest absolute Gasteiger partial charge is 0.315 e. The average Bonchev–Trinajstić information content (AvgIpc) is 2.59. The van der Waals surface area contributed by atoms with Crippen LogP contribution < -0.4 is 10.6 Å². The summed E-state index contributed by atoms with van der Waals surface area (Å²) in [5.41, 5.74) is 0.591. The summed E-state index contributed by atoms with van der Waals surface area (Å²) in [6, 6.07) is 0.242. The van der Waals surface area contributed by atoms with Crippen LogP contribution in [0, 0.1) is 16.7 Å². The predicted octanol–water partition coefficient (Wildman–Crippen LogP) is 2.74. The molecule has 2 bridgehead atoms. The monoisotopic (exact) mass is 258 g/mol. The zero-order valence-electron chi connectivity index (χ0n) is 11.0. The van der Waals surface area contributed by atoms with Crippen LogP contribution in [0.15, 0.2) is 0 Å². The molecule has 2 amide bonds. The summed E-state index contributed by atoms with van der Waals surface area (Å²) in [6.45, 7) is 7.56.